The lowest BCUT2D eigenvalue weighted by atomic mass is 9.95. The van der Waals surface area contributed by atoms with Gasteiger partial charge in [-0.2, -0.15) is 0 Å². The number of hydrogen-bond acceptors (Lipinski definition) is 1. The second-order valence-electron chi connectivity index (χ2n) is 3.25. The highest BCUT2D eigenvalue weighted by Crippen LogP contribution is 2.40. The maximum atomic E-state index is 10.5. The van der Waals surface area contributed by atoms with E-state index in [1.165, 1.54) is 0 Å². The van der Waals surface area contributed by atoms with Gasteiger partial charge in [-0.25, -0.2) is 0 Å². The highest BCUT2D eigenvalue weighted by atomic mass is 35.5. The van der Waals surface area contributed by atoms with Crippen molar-refractivity contribution in [1.82, 2.24) is 0 Å². The van der Waals surface area contributed by atoms with Gasteiger partial charge in [0.2, 0.25) is 0 Å². The smallest absolute Gasteiger partial charge is 0.132 e. The summed E-state index contributed by atoms with van der Waals surface area (Å²) < 4.78 is -1.13. The van der Waals surface area contributed by atoms with Crippen molar-refractivity contribution in [3.05, 3.63) is 35.9 Å². The Morgan fingerprint density at radius 3 is 2.33 bits per heavy atom. The third-order valence-electron chi connectivity index (χ3n) is 2.22. The van der Waals surface area contributed by atoms with Gasteiger partial charge in [0.05, 0.1) is 0 Å². The SMILES string of the molecule is O=CCC(Cl)(Cl)C(CCl)c1ccccc1. The van der Waals surface area contributed by atoms with E-state index >= 15 is 0 Å². The molecule has 4 heteroatoms. The van der Waals surface area contributed by atoms with Gasteiger partial charge in [0.1, 0.15) is 10.6 Å². The van der Waals surface area contributed by atoms with E-state index in [1.54, 1.807) is 0 Å². The fraction of sp³-hybridized carbons (Fsp3) is 0.364. The number of alkyl halides is 3. The Hall–Kier alpha value is -0.240. The number of benzene rings is 1. The first-order valence-electron chi connectivity index (χ1n) is 4.54. The molecule has 1 nitrogen and oxygen atoms in total. The predicted octanol–water partition coefficient (Wildman–Crippen LogP) is 3.77. The Morgan fingerprint density at radius 1 is 1.27 bits per heavy atom. The van der Waals surface area contributed by atoms with E-state index < -0.39 is 4.33 Å². The molecule has 82 valence electrons. The number of carbonyl (C=O) groups excluding carboxylic acids is 1. The van der Waals surface area contributed by atoms with E-state index in [9.17, 15) is 4.79 Å². The van der Waals surface area contributed by atoms with Crippen molar-refractivity contribution >= 4 is 41.1 Å². The molecule has 0 aliphatic carbocycles. The maximum absolute atomic E-state index is 10.5. The Morgan fingerprint density at radius 2 is 1.87 bits per heavy atom. The quantitative estimate of drug-likeness (QED) is 0.585. The van der Waals surface area contributed by atoms with Gasteiger partial charge in [-0.1, -0.05) is 30.3 Å². The van der Waals surface area contributed by atoms with Crippen LogP contribution >= 0.6 is 34.8 Å². The topological polar surface area (TPSA) is 17.1 Å². The monoisotopic (exact) mass is 264 g/mol. The Kier molecular flexibility index (Phi) is 4.91. The van der Waals surface area contributed by atoms with Crippen molar-refractivity contribution in [3.8, 4) is 0 Å². The molecule has 15 heavy (non-hydrogen) atoms. The molecule has 0 bridgehead atoms. The molecule has 1 aromatic carbocycles. The van der Waals surface area contributed by atoms with Crippen LogP contribution in [-0.4, -0.2) is 16.5 Å². The zero-order valence-electron chi connectivity index (χ0n) is 8.00. The van der Waals surface area contributed by atoms with Crippen LogP contribution in [0.4, 0.5) is 0 Å². The molecule has 0 aliphatic heterocycles. The first kappa shape index (κ1) is 12.8. The van der Waals surface area contributed by atoms with Gasteiger partial charge >= 0.3 is 0 Å². The third kappa shape index (κ3) is 3.37. The van der Waals surface area contributed by atoms with Crippen LogP contribution < -0.4 is 0 Å². The van der Waals surface area contributed by atoms with Gasteiger partial charge in [0.15, 0.2) is 0 Å². The molecule has 0 spiro atoms. The second kappa shape index (κ2) is 5.74. The fourth-order valence-electron chi connectivity index (χ4n) is 1.38. The molecule has 0 saturated heterocycles. The van der Waals surface area contributed by atoms with Crippen molar-refractivity contribution in [1.29, 1.82) is 0 Å². The Bertz CT molecular complexity index is 311. The van der Waals surface area contributed by atoms with Gasteiger partial charge in [0.25, 0.3) is 0 Å². The molecule has 1 aromatic rings. The maximum Gasteiger partial charge on any atom is 0.132 e. The first-order valence-corrected chi connectivity index (χ1v) is 5.83. The zero-order chi connectivity index (χ0) is 11.3. The van der Waals surface area contributed by atoms with Crippen molar-refractivity contribution in [3.63, 3.8) is 0 Å². The molecule has 0 heterocycles. The van der Waals surface area contributed by atoms with E-state index in [0.717, 1.165) is 5.56 Å². The lowest BCUT2D eigenvalue weighted by molar-refractivity contribution is -0.108. The van der Waals surface area contributed by atoms with Crippen molar-refractivity contribution in [2.24, 2.45) is 0 Å². The molecule has 0 amide bonds. The van der Waals surface area contributed by atoms with Crippen molar-refractivity contribution in [2.75, 3.05) is 5.88 Å². The number of carbonyl (C=O) groups is 1. The number of hydrogen-bond donors (Lipinski definition) is 0. The molecule has 1 rings (SSSR count). The lowest BCUT2D eigenvalue weighted by Crippen LogP contribution is -2.25. The van der Waals surface area contributed by atoms with E-state index in [2.05, 4.69) is 0 Å². The minimum absolute atomic E-state index is 0.0718. The number of halogens is 3. The minimum Gasteiger partial charge on any atom is -0.303 e. The molecule has 1 unspecified atom stereocenters. The number of aldehydes is 1. The molecule has 0 fully saturated rings. The largest absolute Gasteiger partial charge is 0.303 e. The third-order valence-corrected chi connectivity index (χ3v) is 3.37. The summed E-state index contributed by atoms with van der Waals surface area (Å²) in [7, 11) is 0. The van der Waals surface area contributed by atoms with Gasteiger partial charge in [0, 0.05) is 18.2 Å². The lowest BCUT2D eigenvalue weighted by Gasteiger charge is -2.26. The summed E-state index contributed by atoms with van der Waals surface area (Å²) in [6.45, 7) is 0. The standard InChI is InChI=1S/C11H11Cl3O/c12-8-10(11(13,14)6-7-15)9-4-2-1-3-5-9/h1-5,7,10H,6,8H2. The van der Waals surface area contributed by atoms with Crippen LogP contribution in [0, 0.1) is 0 Å². The average Bonchev–Trinajstić information content (AvgIpc) is 2.19. The van der Waals surface area contributed by atoms with Gasteiger partial charge in [-0.05, 0) is 5.56 Å². The highest BCUT2D eigenvalue weighted by Gasteiger charge is 2.34. The summed E-state index contributed by atoms with van der Waals surface area (Å²) >= 11 is 18.0. The summed E-state index contributed by atoms with van der Waals surface area (Å²) in [5, 5.41) is 0. The van der Waals surface area contributed by atoms with E-state index in [-0.39, 0.29) is 18.2 Å². The first-order chi connectivity index (χ1) is 7.11. The van der Waals surface area contributed by atoms with Crippen LogP contribution in [0.25, 0.3) is 0 Å². The Balaban J connectivity index is 2.93. The van der Waals surface area contributed by atoms with E-state index in [1.807, 2.05) is 30.3 Å². The Labute approximate surface area is 104 Å². The molecule has 1 atom stereocenters. The van der Waals surface area contributed by atoms with Crippen LogP contribution in [-0.2, 0) is 4.79 Å². The summed E-state index contributed by atoms with van der Waals surface area (Å²) in [5.41, 5.74) is 0.944. The molecule has 0 N–H and O–H groups in total. The summed E-state index contributed by atoms with van der Waals surface area (Å²) in [6.07, 6.45) is 0.783. The van der Waals surface area contributed by atoms with Crippen LogP contribution in [0.5, 0.6) is 0 Å². The molecular formula is C11H11Cl3O. The van der Waals surface area contributed by atoms with Crippen LogP contribution in [0.2, 0.25) is 0 Å². The summed E-state index contributed by atoms with van der Waals surface area (Å²) in [5.74, 6) is 0.0408. The van der Waals surface area contributed by atoms with Gasteiger partial charge < -0.3 is 4.79 Å². The van der Waals surface area contributed by atoms with Gasteiger partial charge in [-0.15, -0.1) is 34.8 Å². The van der Waals surface area contributed by atoms with E-state index in [0.29, 0.717) is 6.29 Å². The molecule has 0 saturated carbocycles. The second-order valence-corrected chi connectivity index (χ2v) is 5.10. The van der Waals surface area contributed by atoms with Crippen LogP contribution in [0.15, 0.2) is 30.3 Å². The fourth-order valence-corrected chi connectivity index (χ4v) is 2.52. The molecule has 0 radical (unpaired) electrons. The van der Waals surface area contributed by atoms with Crippen molar-refractivity contribution in [2.45, 2.75) is 16.7 Å². The number of rotatable bonds is 5. The molecular weight excluding hydrogens is 254 g/mol. The van der Waals surface area contributed by atoms with Crippen LogP contribution in [0.1, 0.15) is 17.9 Å². The highest BCUT2D eigenvalue weighted by molar-refractivity contribution is 6.50. The van der Waals surface area contributed by atoms with Crippen molar-refractivity contribution < 1.29 is 4.79 Å². The van der Waals surface area contributed by atoms with E-state index in [4.69, 9.17) is 34.8 Å². The predicted molar refractivity (Wildman–Crippen MR) is 65.0 cm³/mol. The summed E-state index contributed by atoms with van der Waals surface area (Å²) in [4.78, 5) is 10.5. The summed E-state index contributed by atoms with van der Waals surface area (Å²) in [6, 6.07) is 9.48. The average molecular weight is 266 g/mol. The zero-order valence-corrected chi connectivity index (χ0v) is 10.3. The normalized spacial score (nSPS) is 13.5. The van der Waals surface area contributed by atoms with Gasteiger partial charge in [-0.3, -0.25) is 0 Å². The minimum atomic E-state index is -1.13. The molecule has 0 aromatic heterocycles. The molecule has 0 aliphatic rings. The van der Waals surface area contributed by atoms with Crippen LogP contribution in [0.3, 0.4) is 0 Å².